The summed E-state index contributed by atoms with van der Waals surface area (Å²) in [5.41, 5.74) is 8.52. The van der Waals surface area contributed by atoms with Crippen LogP contribution in [0.5, 0.6) is 5.75 Å². The summed E-state index contributed by atoms with van der Waals surface area (Å²) in [6.07, 6.45) is 1.87. The molecule has 0 saturated heterocycles. The molecule has 0 aliphatic carbocycles. The van der Waals surface area contributed by atoms with Crippen molar-refractivity contribution in [1.29, 1.82) is 0 Å². The minimum Gasteiger partial charge on any atom is -0.496 e. The smallest absolute Gasteiger partial charge is 0.122 e. The average Bonchev–Trinajstić information content (AvgIpc) is 2.29. The SMILES string of the molecule is COc1ccc(C)cc1CC(N)CC(C)OC. The molecule has 0 aliphatic heterocycles. The van der Waals surface area contributed by atoms with E-state index < -0.39 is 0 Å². The molecule has 0 spiro atoms. The highest BCUT2D eigenvalue weighted by Gasteiger charge is 2.12. The molecule has 0 radical (unpaired) electrons. The number of rotatable bonds is 6. The predicted molar refractivity (Wildman–Crippen MR) is 70.5 cm³/mol. The van der Waals surface area contributed by atoms with Crippen molar-refractivity contribution in [2.75, 3.05) is 14.2 Å². The second kappa shape index (κ2) is 6.62. The van der Waals surface area contributed by atoms with Crippen molar-refractivity contribution in [1.82, 2.24) is 0 Å². The summed E-state index contributed by atoms with van der Waals surface area (Å²) in [5, 5.41) is 0. The highest BCUT2D eigenvalue weighted by Crippen LogP contribution is 2.21. The standard InChI is InChI=1S/C14H23NO2/c1-10-5-6-14(17-4)12(7-10)9-13(15)8-11(2)16-3/h5-7,11,13H,8-9,15H2,1-4H3. The summed E-state index contributed by atoms with van der Waals surface area (Å²) in [6, 6.07) is 6.28. The lowest BCUT2D eigenvalue weighted by Gasteiger charge is -2.17. The van der Waals surface area contributed by atoms with Gasteiger partial charge in [-0.3, -0.25) is 0 Å². The Morgan fingerprint density at radius 3 is 2.59 bits per heavy atom. The molecule has 3 nitrogen and oxygen atoms in total. The number of hydrogen-bond donors (Lipinski definition) is 1. The quantitative estimate of drug-likeness (QED) is 0.825. The number of aryl methyl sites for hydroxylation is 1. The summed E-state index contributed by atoms with van der Waals surface area (Å²) >= 11 is 0. The molecule has 0 aromatic heterocycles. The van der Waals surface area contributed by atoms with Crippen molar-refractivity contribution in [2.24, 2.45) is 5.73 Å². The molecule has 0 fully saturated rings. The topological polar surface area (TPSA) is 44.5 Å². The van der Waals surface area contributed by atoms with Crippen LogP contribution in [0.1, 0.15) is 24.5 Å². The van der Waals surface area contributed by atoms with Gasteiger partial charge in [0.2, 0.25) is 0 Å². The van der Waals surface area contributed by atoms with E-state index in [9.17, 15) is 0 Å². The fraction of sp³-hybridized carbons (Fsp3) is 0.571. The van der Waals surface area contributed by atoms with E-state index in [0.29, 0.717) is 0 Å². The first-order valence-corrected chi connectivity index (χ1v) is 5.98. The van der Waals surface area contributed by atoms with E-state index >= 15 is 0 Å². The first kappa shape index (κ1) is 14.0. The van der Waals surface area contributed by atoms with Gasteiger partial charge in [-0.2, -0.15) is 0 Å². The van der Waals surface area contributed by atoms with Crippen LogP contribution in [0.3, 0.4) is 0 Å². The summed E-state index contributed by atoms with van der Waals surface area (Å²) < 4.78 is 10.6. The Kier molecular flexibility index (Phi) is 5.45. The van der Waals surface area contributed by atoms with Crippen LogP contribution < -0.4 is 10.5 Å². The van der Waals surface area contributed by atoms with Gasteiger partial charge >= 0.3 is 0 Å². The van der Waals surface area contributed by atoms with Crippen LogP contribution in [0.25, 0.3) is 0 Å². The number of methoxy groups -OCH3 is 2. The Morgan fingerprint density at radius 2 is 2.00 bits per heavy atom. The molecule has 0 bridgehead atoms. The molecular formula is C14H23NO2. The zero-order chi connectivity index (χ0) is 12.8. The Balaban J connectivity index is 2.69. The Morgan fingerprint density at radius 1 is 1.29 bits per heavy atom. The van der Waals surface area contributed by atoms with E-state index in [-0.39, 0.29) is 12.1 Å². The summed E-state index contributed by atoms with van der Waals surface area (Å²) in [4.78, 5) is 0. The van der Waals surface area contributed by atoms with E-state index in [0.717, 1.165) is 18.6 Å². The monoisotopic (exact) mass is 237 g/mol. The summed E-state index contributed by atoms with van der Waals surface area (Å²) in [6.45, 7) is 4.11. The molecule has 2 N–H and O–H groups in total. The minimum atomic E-state index is 0.0978. The van der Waals surface area contributed by atoms with E-state index in [2.05, 4.69) is 13.0 Å². The second-order valence-corrected chi connectivity index (χ2v) is 4.56. The van der Waals surface area contributed by atoms with Crippen LogP contribution in [0.4, 0.5) is 0 Å². The summed E-state index contributed by atoms with van der Waals surface area (Å²) in [5.74, 6) is 0.913. The minimum absolute atomic E-state index is 0.0978. The van der Waals surface area contributed by atoms with Gasteiger partial charge in [0.05, 0.1) is 13.2 Å². The van der Waals surface area contributed by atoms with Crippen LogP contribution >= 0.6 is 0 Å². The first-order valence-electron chi connectivity index (χ1n) is 5.98. The molecule has 3 heteroatoms. The van der Waals surface area contributed by atoms with Gasteiger partial charge < -0.3 is 15.2 Å². The average molecular weight is 237 g/mol. The highest BCUT2D eigenvalue weighted by molar-refractivity contribution is 5.37. The molecular weight excluding hydrogens is 214 g/mol. The lowest BCUT2D eigenvalue weighted by molar-refractivity contribution is 0.104. The van der Waals surface area contributed by atoms with E-state index in [4.69, 9.17) is 15.2 Å². The van der Waals surface area contributed by atoms with E-state index in [1.165, 1.54) is 11.1 Å². The fourth-order valence-corrected chi connectivity index (χ4v) is 1.96. The van der Waals surface area contributed by atoms with Crippen molar-refractivity contribution < 1.29 is 9.47 Å². The number of benzene rings is 1. The molecule has 17 heavy (non-hydrogen) atoms. The van der Waals surface area contributed by atoms with Crippen molar-refractivity contribution in [3.05, 3.63) is 29.3 Å². The van der Waals surface area contributed by atoms with Gasteiger partial charge in [-0.15, -0.1) is 0 Å². The van der Waals surface area contributed by atoms with Gasteiger partial charge in [0.25, 0.3) is 0 Å². The molecule has 1 aromatic rings. The predicted octanol–water partition coefficient (Wildman–Crippen LogP) is 2.30. The lowest BCUT2D eigenvalue weighted by Crippen LogP contribution is -2.28. The van der Waals surface area contributed by atoms with E-state index in [1.54, 1.807) is 14.2 Å². The molecule has 1 aromatic carbocycles. The molecule has 0 amide bonds. The van der Waals surface area contributed by atoms with Crippen molar-refractivity contribution >= 4 is 0 Å². The van der Waals surface area contributed by atoms with Crippen LogP contribution in [0.2, 0.25) is 0 Å². The molecule has 0 saturated carbocycles. The lowest BCUT2D eigenvalue weighted by atomic mass is 9.99. The van der Waals surface area contributed by atoms with Gasteiger partial charge in [0.1, 0.15) is 5.75 Å². The molecule has 0 aliphatic rings. The van der Waals surface area contributed by atoms with Gasteiger partial charge in [-0.25, -0.2) is 0 Å². The van der Waals surface area contributed by atoms with Crippen LogP contribution in [-0.2, 0) is 11.2 Å². The molecule has 96 valence electrons. The number of ether oxygens (including phenoxy) is 2. The highest BCUT2D eigenvalue weighted by atomic mass is 16.5. The van der Waals surface area contributed by atoms with E-state index in [1.807, 2.05) is 19.1 Å². The Hall–Kier alpha value is -1.06. The van der Waals surface area contributed by atoms with Crippen molar-refractivity contribution in [2.45, 2.75) is 38.8 Å². The maximum absolute atomic E-state index is 6.12. The molecule has 2 unspecified atom stereocenters. The van der Waals surface area contributed by atoms with Crippen molar-refractivity contribution in [3.63, 3.8) is 0 Å². The maximum Gasteiger partial charge on any atom is 0.122 e. The third-order valence-electron chi connectivity index (χ3n) is 2.96. The van der Waals surface area contributed by atoms with Gasteiger partial charge in [0, 0.05) is 13.2 Å². The van der Waals surface area contributed by atoms with Crippen LogP contribution in [0, 0.1) is 6.92 Å². The van der Waals surface area contributed by atoms with Crippen LogP contribution in [-0.4, -0.2) is 26.4 Å². The normalized spacial score (nSPS) is 14.4. The maximum atomic E-state index is 6.12. The third kappa shape index (κ3) is 4.36. The summed E-state index contributed by atoms with van der Waals surface area (Å²) in [7, 11) is 3.40. The molecule has 0 heterocycles. The second-order valence-electron chi connectivity index (χ2n) is 4.56. The Bertz CT molecular complexity index is 352. The largest absolute Gasteiger partial charge is 0.496 e. The van der Waals surface area contributed by atoms with Gasteiger partial charge in [-0.05, 0) is 38.3 Å². The third-order valence-corrected chi connectivity index (χ3v) is 2.96. The van der Waals surface area contributed by atoms with Crippen LogP contribution in [0.15, 0.2) is 18.2 Å². The van der Waals surface area contributed by atoms with Crippen molar-refractivity contribution in [3.8, 4) is 5.75 Å². The van der Waals surface area contributed by atoms with Gasteiger partial charge in [0.15, 0.2) is 0 Å². The molecule has 2 atom stereocenters. The number of nitrogens with two attached hydrogens (primary N) is 1. The zero-order valence-corrected chi connectivity index (χ0v) is 11.2. The fourth-order valence-electron chi connectivity index (χ4n) is 1.96. The number of hydrogen-bond acceptors (Lipinski definition) is 3. The first-order chi connectivity index (χ1) is 8.06. The zero-order valence-electron chi connectivity index (χ0n) is 11.2. The molecule has 1 rings (SSSR count). The van der Waals surface area contributed by atoms with Gasteiger partial charge in [-0.1, -0.05) is 17.7 Å². The Labute approximate surface area is 104 Å².